The van der Waals surface area contributed by atoms with Gasteiger partial charge in [0.2, 0.25) is 0 Å². The average Bonchev–Trinajstić information content (AvgIpc) is 2.38. The van der Waals surface area contributed by atoms with Gasteiger partial charge in [0.25, 0.3) is 0 Å². The van der Waals surface area contributed by atoms with Crippen LogP contribution in [0.4, 0.5) is 4.39 Å². The lowest BCUT2D eigenvalue weighted by atomic mass is 9.89. The van der Waals surface area contributed by atoms with Crippen molar-refractivity contribution in [2.24, 2.45) is 0 Å². The highest BCUT2D eigenvalue weighted by atomic mass is 19.1. The van der Waals surface area contributed by atoms with Crippen molar-refractivity contribution in [3.05, 3.63) is 35.6 Å². The lowest BCUT2D eigenvalue weighted by Crippen LogP contribution is -2.34. The molecule has 17 heavy (non-hydrogen) atoms. The van der Waals surface area contributed by atoms with Crippen LogP contribution in [-0.2, 0) is 0 Å². The molecule has 1 aromatic rings. The molecule has 1 fully saturated rings. The normalized spacial score (nSPS) is 18.5. The van der Waals surface area contributed by atoms with Crippen molar-refractivity contribution in [1.82, 2.24) is 4.90 Å². The van der Waals surface area contributed by atoms with Gasteiger partial charge in [-0.2, -0.15) is 0 Å². The molecular formula is C14H20FNO. The van der Waals surface area contributed by atoms with Gasteiger partial charge in [0.1, 0.15) is 5.82 Å². The molecule has 1 aliphatic heterocycles. The van der Waals surface area contributed by atoms with E-state index in [1.165, 1.54) is 5.56 Å². The smallest absolute Gasteiger partial charge is 0.123 e. The lowest BCUT2D eigenvalue weighted by molar-refractivity contribution is 0.187. The monoisotopic (exact) mass is 237 g/mol. The summed E-state index contributed by atoms with van der Waals surface area (Å²) in [7, 11) is 0. The molecule has 94 valence electrons. The molecule has 0 spiro atoms. The first-order valence-electron chi connectivity index (χ1n) is 6.38. The maximum Gasteiger partial charge on any atom is 0.123 e. The maximum atomic E-state index is 12.8. The summed E-state index contributed by atoms with van der Waals surface area (Å²) in [5, 5.41) is 8.79. The van der Waals surface area contributed by atoms with E-state index in [2.05, 4.69) is 4.90 Å². The Morgan fingerprint density at radius 1 is 1.18 bits per heavy atom. The summed E-state index contributed by atoms with van der Waals surface area (Å²) in [4.78, 5) is 2.40. The van der Waals surface area contributed by atoms with Crippen LogP contribution in [-0.4, -0.2) is 36.2 Å². The molecule has 0 atom stereocenters. The van der Waals surface area contributed by atoms with E-state index in [0.29, 0.717) is 5.92 Å². The third kappa shape index (κ3) is 3.51. The van der Waals surface area contributed by atoms with Crippen molar-refractivity contribution >= 4 is 0 Å². The van der Waals surface area contributed by atoms with E-state index in [1.807, 2.05) is 12.1 Å². The van der Waals surface area contributed by atoms with Gasteiger partial charge in [-0.05, 0) is 56.0 Å². The molecule has 0 amide bonds. The number of hydrogen-bond acceptors (Lipinski definition) is 2. The predicted molar refractivity (Wildman–Crippen MR) is 66.5 cm³/mol. The Morgan fingerprint density at radius 2 is 1.82 bits per heavy atom. The van der Waals surface area contributed by atoms with Gasteiger partial charge in [-0.15, -0.1) is 0 Å². The van der Waals surface area contributed by atoms with Gasteiger partial charge >= 0.3 is 0 Å². The van der Waals surface area contributed by atoms with Crippen molar-refractivity contribution in [1.29, 1.82) is 0 Å². The number of rotatable bonds is 4. The van der Waals surface area contributed by atoms with Crippen LogP contribution in [0.25, 0.3) is 0 Å². The predicted octanol–water partition coefficient (Wildman–Crippen LogP) is 2.39. The second-order valence-corrected chi connectivity index (χ2v) is 4.74. The van der Waals surface area contributed by atoms with E-state index in [0.717, 1.165) is 38.9 Å². The minimum atomic E-state index is -0.158. The van der Waals surface area contributed by atoms with Gasteiger partial charge in [-0.25, -0.2) is 4.39 Å². The summed E-state index contributed by atoms with van der Waals surface area (Å²) in [6, 6.07) is 6.91. The largest absolute Gasteiger partial charge is 0.396 e. The van der Waals surface area contributed by atoms with Crippen molar-refractivity contribution in [3.8, 4) is 0 Å². The fourth-order valence-corrected chi connectivity index (χ4v) is 2.52. The number of piperidine rings is 1. The number of aliphatic hydroxyl groups excluding tert-OH is 1. The summed E-state index contributed by atoms with van der Waals surface area (Å²) < 4.78 is 12.8. The summed E-state index contributed by atoms with van der Waals surface area (Å²) >= 11 is 0. The summed E-state index contributed by atoms with van der Waals surface area (Å²) in [6.45, 7) is 3.44. The van der Waals surface area contributed by atoms with Crippen LogP contribution in [0.1, 0.15) is 30.7 Å². The number of halogens is 1. The number of likely N-dealkylation sites (tertiary alicyclic amines) is 1. The Morgan fingerprint density at radius 3 is 2.41 bits per heavy atom. The second kappa shape index (κ2) is 6.12. The minimum Gasteiger partial charge on any atom is -0.396 e. The van der Waals surface area contributed by atoms with E-state index in [-0.39, 0.29) is 12.4 Å². The minimum absolute atomic E-state index is 0.158. The van der Waals surface area contributed by atoms with Crippen LogP contribution in [0.15, 0.2) is 24.3 Å². The molecule has 2 rings (SSSR count). The van der Waals surface area contributed by atoms with Crippen LogP contribution in [0.2, 0.25) is 0 Å². The van der Waals surface area contributed by atoms with Crippen LogP contribution in [0, 0.1) is 5.82 Å². The molecule has 0 bridgehead atoms. The van der Waals surface area contributed by atoms with E-state index in [1.54, 1.807) is 12.1 Å². The molecule has 1 aromatic carbocycles. The molecule has 0 aliphatic carbocycles. The highest BCUT2D eigenvalue weighted by molar-refractivity contribution is 5.21. The fourth-order valence-electron chi connectivity index (χ4n) is 2.52. The zero-order valence-electron chi connectivity index (χ0n) is 10.1. The van der Waals surface area contributed by atoms with Gasteiger partial charge in [-0.3, -0.25) is 0 Å². The summed E-state index contributed by atoms with van der Waals surface area (Å²) in [5.41, 5.74) is 1.26. The highest BCUT2D eigenvalue weighted by Crippen LogP contribution is 2.27. The van der Waals surface area contributed by atoms with Gasteiger partial charge in [-0.1, -0.05) is 12.1 Å². The number of hydrogen-bond donors (Lipinski definition) is 1. The van der Waals surface area contributed by atoms with Crippen LogP contribution in [0.5, 0.6) is 0 Å². The van der Waals surface area contributed by atoms with Crippen molar-refractivity contribution < 1.29 is 9.50 Å². The molecular weight excluding hydrogens is 217 g/mol. The Labute approximate surface area is 102 Å². The van der Waals surface area contributed by atoms with Gasteiger partial charge < -0.3 is 10.0 Å². The first-order chi connectivity index (χ1) is 8.29. The zero-order valence-corrected chi connectivity index (χ0v) is 10.1. The molecule has 0 aromatic heterocycles. The molecule has 1 N–H and O–H groups in total. The Kier molecular flexibility index (Phi) is 4.51. The first kappa shape index (κ1) is 12.5. The topological polar surface area (TPSA) is 23.5 Å². The standard InChI is InChI=1S/C14H20FNO/c15-14-4-2-12(3-5-14)13-6-9-16(10-7-13)8-1-11-17/h2-5,13,17H,1,6-11H2. The zero-order chi connectivity index (χ0) is 12.1. The van der Waals surface area contributed by atoms with Crippen LogP contribution >= 0.6 is 0 Å². The molecule has 3 heteroatoms. The number of aliphatic hydroxyl groups is 1. The Balaban J connectivity index is 1.84. The number of nitrogens with zero attached hydrogens (tertiary/aromatic N) is 1. The average molecular weight is 237 g/mol. The van der Waals surface area contributed by atoms with Gasteiger partial charge in [0, 0.05) is 13.2 Å². The Hall–Kier alpha value is -0.930. The number of benzene rings is 1. The molecule has 1 aliphatic rings. The van der Waals surface area contributed by atoms with E-state index < -0.39 is 0 Å². The maximum absolute atomic E-state index is 12.8. The lowest BCUT2D eigenvalue weighted by Gasteiger charge is -2.32. The molecule has 0 radical (unpaired) electrons. The Bertz CT molecular complexity index is 331. The molecule has 2 nitrogen and oxygen atoms in total. The van der Waals surface area contributed by atoms with Crippen molar-refractivity contribution in [2.45, 2.75) is 25.2 Å². The highest BCUT2D eigenvalue weighted by Gasteiger charge is 2.19. The fraction of sp³-hybridized carbons (Fsp3) is 0.571. The van der Waals surface area contributed by atoms with Crippen LogP contribution < -0.4 is 0 Å². The third-order valence-electron chi connectivity index (χ3n) is 3.56. The third-order valence-corrected chi connectivity index (χ3v) is 3.56. The van der Waals surface area contributed by atoms with E-state index in [4.69, 9.17) is 5.11 Å². The summed E-state index contributed by atoms with van der Waals surface area (Å²) in [6.07, 6.45) is 3.13. The molecule has 1 saturated heterocycles. The summed E-state index contributed by atoms with van der Waals surface area (Å²) in [5.74, 6) is 0.412. The molecule has 0 unspecified atom stereocenters. The van der Waals surface area contributed by atoms with Crippen LogP contribution in [0.3, 0.4) is 0 Å². The van der Waals surface area contributed by atoms with Gasteiger partial charge in [0.05, 0.1) is 0 Å². The molecule has 0 saturated carbocycles. The molecule has 1 heterocycles. The van der Waals surface area contributed by atoms with Crippen molar-refractivity contribution in [3.63, 3.8) is 0 Å². The van der Waals surface area contributed by atoms with Gasteiger partial charge in [0.15, 0.2) is 0 Å². The SMILES string of the molecule is OCCCN1CCC(c2ccc(F)cc2)CC1. The van der Waals surface area contributed by atoms with E-state index in [9.17, 15) is 4.39 Å². The van der Waals surface area contributed by atoms with E-state index >= 15 is 0 Å². The van der Waals surface area contributed by atoms with Crippen molar-refractivity contribution in [2.75, 3.05) is 26.2 Å². The quantitative estimate of drug-likeness (QED) is 0.869. The first-order valence-corrected chi connectivity index (χ1v) is 6.38. The second-order valence-electron chi connectivity index (χ2n) is 4.74.